The Hall–Kier alpha value is -5.38. The zero-order valence-electron chi connectivity index (χ0n) is 20.7. The quantitative estimate of drug-likeness (QED) is 0.270. The highest BCUT2D eigenvalue weighted by molar-refractivity contribution is 6.38. The van der Waals surface area contributed by atoms with Crippen LogP contribution in [0.25, 0.3) is 17.1 Å². The molecular formula is C29H24N6O4. The summed E-state index contributed by atoms with van der Waals surface area (Å²) in [5.41, 5.74) is 2.61. The van der Waals surface area contributed by atoms with E-state index in [0.717, 1.165) is 11.1 Å². The summed E-state index contributed by atoms with van der Waals surface area (Å²) in [4.78, 5) is 47.7. The molecule has 3 aromatic heterocycles. The molecule has 2 N–H and O–H groups in total. The number of hydrogen-bond donors (Lipinski definition) is 2. The summed E-state index contributed by atoms with van der Waals surface area (Å²) in [7, 11) is 0. The van der Waals surface area contributed by atoms with Gasteiger partial charge in [-0.15, -0.1) is 0 Å². The van der Waals surface area contributed by atoms with E-state index in [9.17, 15) is 14.4 Å². The SMILES string of the molecule is O=C(NCc1ncco1)C(=O)C(Cc1ccccc1)NC(=O)c1cccnc1-n1ccc(-c2ccccc2)n1. The maximum absolute atomic E-state index is 13.5. The molecule has 0 bridgehead atoms. The number of ketones is 1. The van der Waals surface area contributed by atoms with Crippen LogP contribution in [-0.4, -0.2) is 43.4 Å². The molecule has 3 heterocycles. The molecule has 5 aromatic rings. The zero-order valence-corrected chi connectivity index (χ0v) is 20.7. The van der Waals surface area contributed by atoms with Gasteiger partial charge in [0.2, 0.25) is 11.7 Å². The first kappa shape index (κ1) is 25.3. The van der Waals surface area contributed by atoms with Gasteiger partial charge in [-0.1, -0.05) is 60.7 Å². The van der Waals surface area contributed by atoms with Crippen molar-refractivity contribution < 1.29 is 18.8 Å². The first-order chi connectivity index (χ1) is 19.1. The number of rotatable bonds is 10. The predicted molar refractivity (Wildman–Crippen MR) is 142 cm³/mol. The van der Waals surface area contributed by atoms with Crippen LogP contribution < -0.4 is 10.6 Å². The number of carbonyl (C=O) groups excluding carboxylic acids is 3. The molecule has 10 heteroatoms. The largest absolute Gasteiger partial charge is 0.447 e. The number of carbonyl (C=O) groups is 3. The van der Waals surface area contributed by atoms with E-state index < -0.39 is 23.6 Å². The van der Waals surface area contributed by atoms with Gasteiger partial charge in [-0.05, 0) is 23.8 Å². The molecule has 10 nitrogen and oxygen atoms in total. The molecule has 5 rings (SSSR count). The Morgan fingerprint density at radius 3 is 2.38 bits per heavy atom. The topological polar surface area (TPSA) is 132 Å². The van der Waals surface area contributed by atoms with Crippen LogP contribution in [0.5, 0.6) is 0 Å². The second-order valence-electron chi connectivity index (χ2n) is 8.57. The van der Waals surface area contributed by atoms with Crippen LogP contribution in [0, 0.1) is 0 Å². The van der Waals surface area contributed by atoms with Crippen molar-refractivity contribution in [3.63, 3.8) is 0 Å². The van der Waals surface area contributed by atoms with E-state index >= 15 is 0 Å². The van der Waals surface area contributed by atoms with Crippen LogP contribution in [0.4, 0.5) is 0 Å². The number of oxazole rings is 1. The van der Waals surface area contributed by atoms with Crippen molar-refractivity contribution >= 4 is 17.6 Å². The van der Waals surface area contributed by atoms with Crippen molar-refractivity contribution in [1.82, 2.24) is 30.4 Å². The molecule has 1 unspecified atom stereocenters. The molecule has 0 spiro atoms. The van der Waals surface area contributed by atoms with Gasteiger partial charge in [0.25, 0.3) is 11.8 Å². The van der Waals surface area contributed by atoms with Crippen molar-refractivity contribution in [2.24, 2.45) is 0 Å². The van der Waals surface area contributed by atoms with E-state index in [1.807, 2.05) is 66.7 Å². The van der Waals surface area contributed by atoms with Crippen LogP contribution in [-0.2, 0) is 22.6 Å². The number of pyridine rings is 1. The van der Waals surface area contributed by atoms with Crippen molar-refractivity contribution in [2.45, 2.75) is 19.0 Å². The number of hydrogen-bond acceptors (Lipinski definition) is 7. The van der Waals surface area contributed by atoms with Gasteiger partial charge >= 0.3 is 0 Å². The zero-order chi connectivity index (χ0) is 27.0. The third-order valence-electron chi connectivity index (χ3n) is 5.92. The normalized spacial score (nSPS) is 11.5. The van der Waals surface area contributed by atoms with Crippen molar-refractivity contribution in [1.29, 1.82) is 0 Å². The van der Waals surface area contributed by atoms with E-state index in [1.165, 1.54) is 17.1 Å². The van der Waals surface area contributed by atoms with Gasteiger partial charge in [-0.3, -0.25) is 14.4 Å². The highest BCUT2D eigenvalue weighted by Gasteiger charge is 2.29. The number of nitrogens with zero attached hydrogens (tertiary/aromatic N) is 4. The summed E-state index contributed by atoms with van der Waals surface area (Å²) in [6, 6.07) is 22.7. The fourth-order valence-electron chi connectivity index (χ4n) is 4.00. The second kappa shape index (κ2) is 11.8. The lowest BCUT2D eigenvalue weighted by molar-refractivity contribution is -0.139. The van der Waals surface area contributed by atoms with E-state index in [-0.39, 0.29) is 30.2 Å². The number of nitrogens with one attached hydrogen (secondary N) is 2. The number of Topliss-reactive ketones (excluding diaryl/α,β-unsaturated/α-hetero) is 1. The summed E-state index contributed by atoms with van der Waals surface area (Å²) in [5.74, 6) is -1.68. The number of aromatic nitrogens is 4. The maximum atomic E-state index is 13.5. The lowest BCUT2D eigenvalue weighted by Crippen LogP contribution is -2.48. The molecule has 1 atom stereocenters. The molecule has 2 amide bonds. The molecule has 0 aliphatic rings. The Morgan fingerprint density at radius 1 is 0.872 bits per heavy atom. The number of amides is 2. The molecule has 0 aliphatic heterocycles. The average Bonchev–Trinajstić information content (AvgIpc) is 3.69. The Bertz CT molecular complexity index is 1570. The summed E-state index contributed by atoms with van der Waals surface area (Å²) >= 11 is 0. The van der Waals surface area contributed by atoms with Gasteiger partial charge in [-0.25, -0.2) is 14.6 Å². The first-order valence-corrected chi connectivity index (χ1v) is 12.2. The molecule has 0 fully saturated rings. The fourth-order valence-corrected chi connectivity index (χ4v) is 4.00. The average molecular weight is 521 g/mol. The summed E-state index contributed by atoms with van der Waals surface area (Å²) in [5, 5.41) is 9.81. The van der Waals surface area contributed by atoms with Crippen LogP contribution >= 0.6 is 0 Å². The van der Waals surface area contributed by atoms with Gasteiger partial charge in [0.05, 0.1) is 24.0 Å². The van der Waals surface area contributed by atoms with E-state index in [2.05, 4.69) is 25.7 Å². The van der Waals surface area contributed by atoms with Crippen molar-refractivity contribution in [3.8, 4) is 17.1 Å². The minimum Gasteiger partial charge on any atom is -0.447 e. The monoisotopic (exact) mass is 520 g/mol. The van der Waals surface area contributed by atoms with E-state index in [1.54, 1.807) is 24.5 Å². The highest BCUT2D eigenvalue weighted by atomic mass is 16.3. The molecule has 2 aromatic carbocycles. The Balaban J connectivity index is 1.37. The molecule has 0 aliphatic carbocycles. The molecule has 0 saturated carbocycles. The second-order valence-corrected chi connectivity index (χ2v) is 8.57. The van der Waals surface area contributed by atoms with Crippen LogP contribution in [0.2, 0.25) is 0 Å². The van der Waals surface area contributed by atoms with Gasteiger partial charge < -0.3 is 15.1 Å². The molecule has 0 saturated heterocycles. The van der Waals surface area contributed by atoms with Crippen LogP contribution in [0.15, 0.2) is 108 Å². The molecule has 0 radical (unpaired) electrons. The summed E-state index contributed by atoms with van der Waals surface area (Å²) in [6.07, 6.45) is 6.20. The summed E-state index contributed by atoms with van der Waals surface area (Å²) in [6.45, 7) is -0.0562. The third-order valence-corrected chi connectivity index (χ3v) is 5.92. The van der Waals surface area contributed by atoms with Crippen LogP contribution in [0.3, 0.4) is 0 Å². The van der Waals surface area contributed by atoms with E-state index in [0.29, 0.717) is 5.69 Å². The van der Waals surface area contributed by atoms with Gasteiger partial charge in [-0.2, -0.15) is 5.10 Å². The van der Waals surface area contributed by atoms with Gasteiger partial charge in [0.1, 0.15) is 12.3 Å². The minimum absolute atomic E-state index is 0.0562. The predicted octanol–water partition coefficient (Wildman–Crippen LogP) is 3.15. The maximum Gasteiger partial charge on any atom is 0.290 e. The fraction of sp³-hybridized carbons (Fsp3) is 0.103. The summed E-state index contributed by atoms with van der Waals surface area (Å²) < 4.78 is 6.61. The third kappa shape index (κ3) is 6.13. The lowest BCUT2D eigenvalue weighted by Gasteiger charge is -2.18. The van der Waals surface area contributed by atoms with Gasteiger partial charge in [0, 0.05) is 24.4 Å². The molecule has 194 valence electrons. The highest BCUT2D eigenvalue weighted by Crippen LogP contribution is 2.19. The molecular weight excluding hydrogens is 496 g/mol. The van der Waals surface area contributed by atoms with E-state index in [4.69, 9.17) is 4.42 Å². The lowest BCUT2D eigenvalue weighted by atomic mass is 10.0. The first-order valence-electron chi connectivity index (χ1n) is 12.2. The Kier molecular flexibility index (Phi) is 7.63. The van der Waals surface area contributed by atoms with Crippen molar-refractivity contribution in [3.05, 3.63) is 121 Å². The Morgan fingerprint density at radius 2 is 1.64 bits per heavy atom. The van der Waals surface area contributed by atoms with Crippen molar-refractivity contribution in [2.75, 3.05) is 0 Å². The van der Waals surface area contributed by atoms with Gasteiger partial charge in [0.15, 0.2) is 5.82 Å². The minimum atomic E-state index is -1.13. The smallest absolute Gasteiger partial charge is 0.290 e. The Labute approximate surface area is 223 Å². The number of benzene rings is 2. The standard InChI is InChI=1S/C29H24N6O4/c36-26(29(38)32-19-25-30-15-17-39-25)24(18-20-8-3-1-4-9-20)33-28(37)22-12-7-14-31-27(22)35-16-13-23(34-35)21-10-5-2-6-11-21/h1-17,24H,18-19H2,(H,32,38)(H,33,37). The molecule has 39 heavy (non-hydrogen) atoms. The van der Waals surface area contributed by atoms with Crippen LogP contribution in [0.1, 0.15) is 21.8 Å².